The van der Waals surface area contributed by atoms with E-state index in [2.05, 4.69) is 47.8 Å². The predicted molar refractivity (Wildman–Crippen MR) is 268 cm³/mol. The number of fused-ring (bicyclic) bond motifs is 2. The van der Waals surface area contributed by atoms with Crippen LogP contribution in [-0.2, 0) is 20.2 Å². The third-order valence-electron chi connectivity index (χ3n) is 10.9. The Hall–Kier alpha value is -6.58. The van der Waals surface area contributed by atoms with Crippen molar-refractivity contribution in [2.75, 3.05) is 52.4 Å². The van der Waals surface area contributed by atoms with Gasteiger partial charge in [0.05, 0.1) is 11.4 Å². The van der Waals surface area contributed by atoms with Gasteiger partial charge in [-0.25, -0.2) is 0 Å². The molecular formula is C47H51N11O6S3. The molecule has 7 aromatic rings. The molecule has 0 fully saturated rings. The third-order valence-corrected chi connectivity index (χ3v) is 13.6. The van der Waals surface area contributed by atoms with Crippen LogP contribution in [0.5, 0.6) is 0 Å². The van der Waals surface area contributed by atoms with Crippen molar-refractivity contribution in [2.45, 2.75) is 62.4 Å². The number of rotatable bonds is 20. The van der Waals surface area contributed by atoms with Gasteiger partial charge < -0.3 is 20.4 Å². The second kappa shape index (κ2) is 21.4. The molecule has 0 unspecified atom stereocenters. The summed E-state index contributed by atoms with van der Waals surface area (Å²) in [5.41, 5.74) is 3.25. The van der Waals surface area contributed by atoms with E-state index in [1.807, 2.05) is 76.2 Å². The van der Waals surface area contributed by atoms with E-state index in [-0.39, 0.29) is 33.1 Å². The molecule has 1 heterocycles. The highest BCUT2D eigenvalue weighted by Gasteiger charge is 2.21. The molecule has 0 bridgehead atoms. The molecule has 4 N–H and O–H groups in total. The van der Waals surface area contributed by atoms with Gasteiger partial charge in [-0.1, -0.05) is 85.8 Å². The number of hydrogen-bond acceptors (Lipinski definition) is 16. The molecule has 0 aliphatic carbocycles. The maximum atomic E-state index is 12.6. The standard InChI is InChI=1S/C47H51N11O6S3/c1-6-11-28-65-47-51-45(48-39-29-33(57(7-2)8-3)22-24-37(39)53-55-43-35-18-14-12-16-31(35)20-26-41(43)66(59,60)61)50-46(52-47)49-40-30-34(58(9-4)10-5)23-25-38(40)54-56-44-36-19-15-13-17-32(36)21-27-42(44)67(62,63)64/h12-27,29-30H,6-11,28H2,1-5H3,(H,59,60,61)(H,62,63,64)(H2,48,49,50,51,52)/b55-53+,56-54+. The van der Waals surface area contributed by atoms with Gasteiger partial charge in [-0.15, -0.1) is 20.5 Å². The number of nitrogens with one attached hydrogen (secondary N) is 2. The lowest BCUT2D eigenvalue weighted by Gasteiger charge is -2.22. The van der Waals surface area contributed by atoms with Gasteiger partial charge in [0, 0.05) is 54.1 Å². The molecule has 1 aromatic heterocycles. The lowest BCUT2D eigenvalue weighted by Crippen LogP contribution is -2.21. The quantitative estimate of drug-likeness (QED) is 0.0241. The van der Waals surface area contributed by atoms with E-state index in [1.54, 1.807) is 48.5 Å². The number of thioether (sulfide) groups is 1. The van der Waals surface area contributed by atoms with E-state index in [0.29, 0.717) is 75.6 Å². The normalized spacial score (nSPS) is 12.1. The van der Waals surface area contributed by atoms with Crippen molar-refractivity contribution in [2.24, 2.45) is 20.5 Å². The van der Waals surface area contributed by atoms with E-state index in [0.717, 1.165) is 30.0 Å². The average molecular weight is 962 g/mol. The summed E-state index contributed by atoms with van der Waals surface area (Å²) in [4.78, 5) is 17.9. The van der Waals surface area contributed by atoms with Crippen LogP contribution >= 0.6 is 11.8 Å². The minimum Gasteiger partial charge on any atom is -0.372 e. The van der Waals surface area contributed by atoms with Crippen molar-refractivity contribution in [3.63, 3.8) is 0 Å². The number of unbranched alkanes of at least 4 members (excludes halogenated alkanes) is 1. The smallest absolute Gasteiger partial charge is 0.296 e. The number of aromatic nitrogens is 3. The highest BCUT2D eigenvalue weighted by Crippen LogP contribution is 2.40. The highest BCUT2D eigenvalue weighted by atomic mass is 32.2. The SMILES string of the molecule is CCCCSc1nc(Nc2cc(N(CC)CC)ccc2/N=N/c2c(S(=O)(=O)O)ccc3ccccc23)nc(Nc2cc(N(CC)CC)ccc2/N=N/c2c(S(=O)(=O)O)ccc3ccccc23)n1. The number of anilines is 6. The molecular weight excluding hydrogens is 911 g/mol. The fourth-order valence-corrected chi connectivity index (χ4v) is 9.56. The van der Waals surface area contributed by atoms with Crippen LogP contribution in [0.15, 0.2) is 145 Å². The average Bonchev–Trinajstić information content (AvgIpc) is 3.31. The van der Waals surface area contributed by atoms with Crippen LogP contribution in [0.3, 0.4) is 0 Å². The van der Waals surface area contributed by atoms with Gasteiger partial charge >= 0.3 is 0 Å². The molecule has 0 spiro atoms. The fourth-order valence-electron chi connectivity index (χ4n) is 7.38. The van der Waals surface area contributed by atoms with E-state index in [1.165, 1.54) is 23.9 Å². The Bertz CT molecular complexity index is 3000. The van der Waals surface area contributed by atoms with Crippen LogP contribution < -0.4 is 20.4 Å². The van der Waals surface area contributed by atoms with Crippen LogP contribution in [0.2, 0.25) is 0 Å². The molecule has 0 aliphatic rings. The Labute approximate surface area is 394 Å². The summed E-state index contributed by atoms with van der Waals surface area (Å²) in [6.45, 7) is 13.1. The summed E-state index contributed by atoms with van der Waals surface area (Å²) in [5.74, 6) is 1.05. The van der Waals surface area contributed by atoms with Crippen LogP contribution in [0.1, 0.15) is 47.5 Å². The summed E-state index contributed by atoms with van der Waals surface area (Å²) < 4.78 is 70.6. The van der Waals surface area contributed by atoms with Gasteiger partial charge in [0.1, 0.15) is 32.5 Å². The van der Waals surface area contributed by atoms with Crippen LogP contribution in [0.25, 0.3) is 21.5 Å². The van der Waals surface area contributed by atoms with Crippen molar-refractivity contribution in [1.82, 2.24) is 15.0 Å². The molecule has 6 aromatic carbocycles. The van der Waals surface area contributed by atoms with Crippen molar-refractivity contribution in [3.05, 3.63) is 109 Å². The summed E-state index contributed by atoms with van der Waals surface area (Å²) in [6, 6.07) is 31.1. The lowest BCUT2D eigenvalue weighted by molar-refractivity contribution is 0.481. The monoisotopic (exact) mass is 961 g/mol. The van der Waals surface area contributed by atoms with Gasteiger partial charge in [-0.3, -0.25) is 9.11 Å². The summed E-state index contributed by atoms with van der Waals surface area (Å²) in [6.07, 6.45) is 1.87. The first kappa shape index (κ1) is 48.4. The van der Waals surface area contributed by atoms with Crippen molar-refractivity contribution >= 4 is 111 Å². The molecule has 0 saturated carbocycles. The van der Waals surface area contributed by atoms with Crippen molar-refractivity contribution in [3.8, 4) is 0 Å². The Morgan fingerprint density at radius 2 is 0.985 bits per heavy atom. The third kappa shape index (κ3) is 11.5. The second-order valence-corrected chi connectivity index (χ2v) is 18.9. The van der Waals surface area contributed by atoms with E-state index >= 15 is 0 Å². The number of azo groups is 2. The zero-order valence-electron chi connectivity index (χ0n) is 37.6. The second-order valence-electron chi connectivity index (χ2n) is 15.1. The Morgan fingerprint density at radius 1 is 0.552 bits per heavy atom. The summed E-state index contributed by atoms with van der Waals surface area (Å²) in [5, 5.41) is 27.5. The predicted octanol–water partition coefficient (Wildman–Crippen LogP) is 12.6. The minimum absolute atomic E-state index is 0.0183. The van der Waals surface area contributed by atoms with Crippen LogP contribution in [-0.4, -0.2) is 72.8 Å². The minimum atomic E-state index is -4.67. The molecule has 0 aliphatic heterocycles. The molecule has 348 valence electrons. The molecule has 0 radical (unpaired) electrons. The van der Waals surface area contributed by atoms with E-state index in [4.69, 9.17) is 15.0 Å². The number of nitrogens with zero attached hydrogens (tertiary/aromatic N) is 9. The molecule has 7 rings (SSSR count). The van der Waals surface area contributed by atoms with Crippen LogP contribution in [0, 0.1) is 0 Å². The number of benzene rings is 6. The maximum absolute atomic E-state index is 12.6. The van der Waals surface area contributed by atoms with Crippen molar-refractivity contribution in [1.29, 1.82) is 0 Å². The topological polar surface area (TPSA) is 227 Å². The largest absolute Gasteiger partial charge is 0.372 e. The first-order valence-corrected chi connectivity index (χ1v) is 25.6. The van der Waals surface area contributed by atoms with Gasteiger partial charge in [-0.05, 0) is 93.4 Å². The molecule has 17 nitrogen and oxygen atoms in total. The fraction of sp³-hybridized carbons (Fsp3) is 0.255. The Morgan fingerprint density at radius 3 is 1.39 bits per heavy atom. The molecule has 0 amide bonds. The zero-order valence-corrected chi connectivity index (χ0v) is 40.1. The Balaban J connectivity index is 1.34. The molecule has 20 heteroatoms. The summed E-state index contributed by atoms with van der Waals surface area (Å²) >= 11 is 1.45. The van der Waals surface area contributed by atoms with Crippen molar-refractivity contribution < 1.29 is 25.9 Å². The van der Waals surface area contributed by atoms with Gasteiger partial charge in [0.2, 0.25) is 11.9 Å². The highest BCUT2D eigenvalue weighted by molar-refractivity contribution is 7.99. The van der Waals surface area contributed by atoms with Gasteiger partial charge in [-0.2, -0.15) is 31.8 Å². The maximum Gasteiger partial charge on any atom is 0.296 e. The van der Waals surface area contributed by atoms with Gasteiger partial charge in [0.25, 0.3) is 20.2 Å². The van der Waals surface area contributed by atoms with Gasteiger partial charge in [0.15, 0.2) is 5.16 Å². The first-order valence-electron chi connectivity index (χ1n) is 21.8. The first-order chi connectivity index (χ1) is 32.2. The molecule has 0 atom stereocenters. The lowest BCUT2D eigenvalue weighted by atomic mass is 10.1. The summed E-state index contributed by atoms with van der Waals surface area (Å²) in [7, 11) is -9.34. The zero-order chi connectivity index (χ0) is 47.7. The number of hydrogen-bond donors (Lipinski definition) is 4. The van der Waals surface area contributed by atoms with E-state index < -0.39 is 20.2 Å². The molecule has 0 saturated heterocycles. The van der Waals surface area contributed by atoms with E-state index in [9.17, 15) is 25.9 Å². The molecule has 67 heavy (non-hydrogen) atoms. The van der Waals surface area contributed by atoms with Crippen LogP contribution in [0.4, 0.5) is 57.4 Å². The Kier molecular flexibility index (Phi) is 15.4.